The molecule has 0 amide bonds. The summed E-state index contributed by atoms with van der Waals surface area (Å²) in [6, 6.07) is 3.29. The fourth-order valence-electron chi connectivity index (χ4n) is 6.50. The van der Waals surface area contributed by atoms with E-state index in [0.717, 1.165) is 25.1 Å². The third kappa shape index (κ3) is 7.04. The van der Waals surface area contributed by atoms with Crippen LogP contribution in [0.1, 0.15) is 60.2 Å². The van der Waals surface area contributed by atoms with Gasteiger partial charge in [0.05, 0.1) is 44.3 Å². The van der Waals surface area contributed by atoms with Crippen LogP contribution in [0.4, 0.5) is 33.5 Å². The zero-order chi connectivity index (χ0) is 30.9. The van der Waals surface area contributed by atoms with Gasteiger partial charge >= 0.3 is 12.2 Å². The number of methoxy groups -OCH3 is 1. The Bertz CT molecular complexity index is 1340. The number of benzene rings is 1. The van der Waals surface area contributed by atoms with Crippen molar-refractivity contribution >= 4 is 11.5 Å². The summed E-state index contributed by atoms with van der Waals surface area (Å²) in [5, 5.41) is 0. The number of aryl methyl sites for hydroxylation is 1. The quantitative estimate of drug-likeness (QED) is 0.350. The minimum atomic E-state index is -4.52. The van der Waals surface area contributed by atoms with Gasteiger partial charge in [0.1, 0.15) is 5.82 Å². The van der Waals surface area contributed by atoms with Crippen LogP contribution in [0.25, 0.3) is 0 Å². The molecule has 43 heavy (non-hydrogen) atoms. The van der Waals surface area contributed by atoms with Crippen LogP contribution in [0, 0.1) is 12.8 Å². The topological polar surface area (TPSA) is 86.0 Å². The van der Waals surface area contributed by atoms with E-state index in [2.05, 4.69) is 26.7 Å². The van der Waals surface area contributed by atoms with Gasteiger partial charge < -0.3 is 24.8 Å². The third-order valence-corrected chi connectivity index (χ3v) is 8.44. The van der Waals surface area contributed by atoms with Crippen LogP contribution < -0.4 is 15.4 Å². The SMILES string of the molecule is COc1nc2c(c(N3CCOCC(C)C3)n1)COC(c1cc(N)cc(C)c1C(F)(F)F)C2.FC(F)=C1CC2CCCN2C1. The monoisotopic (exact) mass is 611 g/mol. The number of hydrogen-bond acceptors (Lipinski definition) is 8. The molecule has 1 aromatic heterocycles. The van der Waals surface area contributed by atoms with Gasteiger partial charge in [-0.25, -0.2) is 0 Å². The first-order chi connectivity index (χ1) is 20.4. The second-order valence-electron chi connectivity index (χ2n) is 11.7. The maximum atomic E-state index is 13.8. The Hall–Kier alpha value is -3.03. The van der Waals surface area contributed by atoms with Crippen LogP contribution in [0.5, 0.6) is 6.01 Å². The minimum absolute atomic E-state index is 0.0246. The molecule has 0 aliphatic carbocycles. The molecule has 0 spiro atoms. The number of alkyl halides is 3. The van der Waals surface area contributed by atoms with Crippen LogP contribution in [0.15, 0.2) is 23.8 Å². The molecular weight excluding hydrogens is 573 g/mol. The molecule has 0 saturated carbocycles. The van der Waals surface area contributed by atoms with Crippen LogP contribution in [-0.4, -0.2) is 67.4 Å². The molecule has 5 heterocycles. The van der Waals surface area contributed by atoms with Crippen molar-refractivity contribution in [3.05, 3.63) is 51.7 Å². The average Bonchev–Trinajstić information content (AvgIpc) is 3.49. The van der Waals surface area contributed by atoms with E-state index in [1.165, 1.54) is 32.6 Å². The molecule has 2 aromatic rings. The lowest BCUT2D eigenvalue weighted by atomic mass is 9.92. The summed E-state index contributed by atoms with van der Waals surface area (Å²) in [5.41, 5.74) is 7.29. The molecule has 3 unspecified atom stereocenters. The number of halogens is 5. The van der Waals surface area contributed by atoms with Crippen molar-refractivity contribution in [3.63, 3.8) is 0 Å². The van der Waals surface area contributed by atoms with Gasteiger partial charge in [-0.2, -0.15) is 31.9 Å². The number of nitrogen functional groups attached to an aromatic ring is 1. The zero-order valence-electron chi connectivity index (χ0n) is 24.6. The first-order valence-electron chi connectivity index (χ1n) is 14.6. The zero-order valence-corrected chi connectivity index (χ0v) is 24.6. The smallest absolute Gasteiger partial charge is 0.417 e. The summed E-state index contributed by atoms with van der Waals surface area (Å²) < 4.78 is 82.6. The molecule has 2 N–H and O–H groups in total. The second-order valence-corrected chi connectivity index (χ2v) is 11.7. The van der Waals surface area contributed by atoms with Crippen molar-refractivity contribution < 1.29 is 36.2 Å². The molecule has 4 aliphatic rings. The number of rotatable bonds is 3. The van der Waals surface area contributed by atoms with E-state index in [4.69, 9.17) is 19.9 Å². The number of nitrogens with two attached hydrogens (primary N) is 1. The van der Waals surface area contributed by atoms with E-state index in [1.807, 2.05) is 0 Å². The maximum absolute atomic E-state index is 13.8. The van der Waals surface area contributed by atoms with Crippen LogP contribution in [0.2, 0.25) is 0 Å². The highest BCUT2D eigenvalue weighted by Crippen LogP contribution is 2.43. The van der Waals surface area contributed by atoms with Gasteiger partial charge in [0.2, 0.25) is 0 Å². The Morgan fingerprint density at radius 2 is 1.93 bits per heavy atom. The van der Waals surface area contributed by atoms with Gasteiger partial charge in [0.15, 0.2) is 0 Å². The van der Waals surface area contributed by atoms with E-state index in [0.29, 0.717) is 61.8 Å². The summed E-state index contributed by atoms with van der Waals surface area (Å²) in [6.07, 6.45) is -3.73. The lowest BCUT2D eigenvalue weighted by Crippen LogP contribution is -2.32. The lowest BCUT2D eigenvalue weighted by molar-refractivity contribution is -0.140. The second kappa shape index (κ2) is 12.9. The Labute approximate surface area is 248 Å². The molecule has 0 radical (unpaired) electrons. The highest BCUT2D eigenvalue weighted by molar-refractivity contribution is 5.54. The Kier molecular flexibility index (Phi) is 9.43. The van der Waals surface area contributed by atoms with E-state index in [-0.39, 0.29) is 35.9 Å². The summed E-state index contributed by atoms with van der Waals surface area (Å²) in [6.45, 7) is 7.74. The van der Waals surface area contributed by atoms with Crippen molar-refractivity contribution in [2.75, 3.05) is 57.1 Å². The Balaban J connectivity index is 0.000000279. The summed E-state index contributed by atoms with van der Waals surface area (Å²) in [7, 11) is 1.47. The Morgan fingerprint density at radius 1 is 1.14 bits per heavy atom. The van der Waals surface area contributed by atoms with E-state index < -0.39 is 23.9 Å². The number of aromatic nitrogens is 2. The van der Waals surface area contributed by atoms with Gasteiger partial charge in [-0.1, -0.05) is 6.92 Å². The Morgan fingerprint density at radius 3 is 2.63 bits per heavy atom. The molecule has 3 saturated heterocycles. The van der Waals surface area contributed by atoms with Gasteiger partial charge in [-0.05, 0) is 61.9 Å². The standard InChI is InChI=1S/C22H27F3N4O3.C8H11F2N/c1-12-9-29(4-5-31-10-12)20-16-11-32-18(8-17(16)27-21(28-20)30-3)15-7-14(26)6-13(2)19(15)22(23,24)25;9-8(10)6-4-7-2-1-3-11(7)5-6/h6-7,12,18H,4-5,8-11,26H2,1-3H3;7H,1-5H2. The molecule has 8 nitrogen and oxygen atoms in total. The first kappa shape index (κ1) is 31.4. The summed E-state index contributed by atoms with van der Waals surface area (Å²) in [5.74, 6) is 0.985. The average molecular weight is 612 g/mol. The van der Waals surface area contributed by atoms with Crippen molar-refractivity contribution in [1.29, 1.82) is 0 Å². The molecule has 3 atom stereocenters. The maximum Gasteiger partial charge on any atom is 0.417 e. The molecule has 236 valence electrons. The summed E-state index contributed by atoms with van der Waals surface area (Å²) in [4.78, 5) is 13.3. The number of nitrogens with zero attached hydrogens (tertiary/aromatic N) is 4. The number of anilines is 2. The van der Waals surface area contributed by atoms with Gasteiger partial charge in [0, 0.05) is 48.9 Å². The fourth-order valence-corrected chi connectivity index (χ4v) is 6.50. The molecule has 3 fully saturated rings. The first-order valence-corrected chi connectivity index (χ1v) is 14.6. The predicted octanol–water partition coefficient (Wildman–Crippen LogP) is 5.69. The predicted molar refractivity (Wildman–Crippen MR) is 151 cm³/mol. The van der Waals surface area contributed by atoms with Crippen LogP contribution in [-0.2, 0) is 28.7 Å². The van der Waals surface area contributed by atoms with Crippen molar-refractivity contribution in [3.8, 4) is 6.01 Å². The lowest BCUT2D eigenvalue weighted by Gasteiger charge is -2.32. The molecular formula is C30H38F5N5O3. The van der Waals surface area contributed by atoms with Crippen molar-refractivity contribution in [1.82, 2.24) is 14.9 Å². The fraction of sp³-hybridized carbons (Fsp3) is 0.600. The molecule has 6 rings (SSSR count). The normalized spacial score (nSPS) is 24.1. The number of ether oxygens (including phenoxy) is 3. The highest BCUT2D eigenvalue weighted by atomic mass is 19.4. The van der Waals surface area contributed by atoms with Crippen LogP contribution in [0.3, 0.4) is 0 Å². The molecule has 0 bridgehead atoms. The molecule has 4 aliphatic heterocycles. The van der Waals surface area contributed by atoms with Gasteiger partial charge in [0.25, 0.3) is 6.08 Å². The minimum Gasteiger partial charge on any atom is -0.467 e. The van der Waals surface area contributed by atoms with E-state index >= 15 is 0 Å². The molecule has 13 heteroatoms. The highest BCUT2D eigenvalue weighted by Gasteiger charge is 2.39. The van der Waals surface area contributed by atoms with E-state index in [1.54, 1.807) is 0 Å². The molecule has 1 aromatic carbocycles. The summed E-state index contributed by atoms with van der Waals surface area (Å²) >= 11 is 0. The van der Waals surface area contributed by atoms with Crippen molar-refractivity contribution in [2.45, 2.75) is 64.5 Å². The van der Waals surface area contributed by atoms with Crippen LogP contribution >= 0.6 is 0 Å². The van der Waals surface area contributed by atoms with Crippen molar-refractivity contribution in [2.24, 2.45) is 5.92 Å². The third-order valence-electron chi connectivity index (χ3n) is 8.44. The largest absolute Gasteiger partial charge is 0.467 e. The van der Waals surface area contributed by atoms with Gasteiger partial charge in [-0.3, -0.25) is 4.90 Å². The number of fused-ring (bicyclic) bond motifs is 2. The number of hydrogen-bond donors (Lipinski definition) is 1. The van der Waals surface area contributed by atoms with E-state index in [9.17, 15) is 22.0 Å². The van der Waals surface area contributed by atoms with Gasteiger partial charge in [-0.15, -0.1) is 0 Å².